The fourth-order valence-corrected chi connectivity index (χ4v) is 6.38. The first kappa shape index (κ1) is 32.0. The van der Waals surface area contributed by atoms with Gasteiger partial charge in [-0.1, -0.05) is 12.1 Å². The maximum atomic E-state index is 13.7. The van der Waals surface area contributed by atoms with Crippen LogP contribution in [-0.2, 0) is 24.8 Å². The number of likely N-dealkylation sites (N-methyl/N-ethyl adjacent to an activating group) is 1. The van der Waals surface area contributed by atoms with Gasteiger partial charge in [-0.05, 0) is 39.1 Å². The third-order valence-electron chi connectivity index (χ3n) is 8.34. The second-order valence-corrected chi connectivity index (χ2v) is 11.0. The lowest BCUT2D eigenvalue weighted by atomic mass is 9.53. The maximum Gasteiger partial charge on any atom is 0.255 e. The van der Waals surface area contributed by atoms with Crippen LogP contribution < -0.4 is 5.73 Å². The number of hydrogen-bond acceptors (Lipinski definition) is 11. The van der Waals surface area contributed by atoms with Gasteiger partial charge in [0.25, 0.3) is 5.91 Å². The van der Waals surface area contributed by atoms with Gasteiger partial charge in [0, 0.05) is 20.0 Å². The Morgan fingerprint density at radius 1 is 1.12 bits per heavy atom. The third-order valence-corrected chi connectivity index (χ3v) is 8.34. The second kappa shape index (κ2) is 10.7. The van der Waals surface area contributed by atoms with Gasteiger partial charge in [0.15, 0.2) is 11.4 Å². The van der Waals surface area contributed by atoms with E-state index in [1.165, 1.54) is 44.1 Å². The first-order valence-electron chi connectivity index (χ1n) is 12.6. The number of primary amides is 1. The van der Waals surface area contributed by atoms with E-state index in [9.17, 15) is 49.8 Å². The van der Waals surface area contributed by atoms with Crippen molar-refractivity contribution in [2.45, 2.75) is 43.1 Å². The fraction of sp³-hybridized carbons (Fsp3) is 0.481. The molecule has 3 aliphatic carbocycles. The number of fused-ring (bicyclic) bond motifs is 3. The van der Waals surface area contributed by atoms with E-state index in [-0.39, 0.29) is 23.5 Å². The smallest absolute Gasteiger partial charge is 0.255 e. The van der Waals surface area contributed by atoms with E-state index < -0.39 is 81.1 Å². The number of phenols is 1. The quantitative estimate of drug-likeness (QED) is 0.211. The Morgan fingerprint density at radius 2 is 1.73 bits per heavy atom. The number of amides is 2. The van der Waals surface area contributed by atoms with E-state index in [1.807, 2.05) is 7.05 Å². The summed E-state index contributed by atoms with van der Waals surface area (Å²) in [5.74, 6) is -9.38. The zero-order valence-electron chi connectivity index (χ0n) is 22.9. The molecule has 0 spiro atoms. The number of nitrogens with two attached hydrogens (primary N) is 1. The summed E-state index contributed by atoms with van der Waals surface area (Å²) in [5.41, 5.74) is -1.78. The highest BCUT2D eigenvalue weighted by atomic mass is 35.5. The Balaban J connectivity index is 0.000000506. The molecule has 6 unspecified atom stereocenters. The maximum absolute atomic E-state index is 13.7. The van der Waals surface area contributed by atoms with Gasteiger partial charge < -0.3 is 41.3 Å². The van der Waals surface area contributed by atoms with Crippen molar-refractivity contribution in [2.24, 2.45) is 17.6 Å². The van der Waals surface area contributed by atoms with Crippen LogP contribution >= 0.6 is 12.4 Å². The summed E-state index contributed by atoms with van der Waals surface area (Å²) in [6.45, 7) is 2.21. The van der Waals surface area contributed by atoms with Crippen LogP contribution in [0.5, 0.6) is 5.75 Å². The molecule has 6 atom stereocenters. The van der Waals surface area contributed by atoms with E-state index in [0.717, 1.165) is 19.4 Å². The number of phenolic OH excluding ortho intramolecular Hbond substituents is 1. The third kappa shape index (κ3) is 4.48. The molecule has 14 heteroatoms. The van der Waals surface area contributed by atoms with E-state index in [2.05, 4.69) is 0 Å². The Morgan fingerprint density at radius 3 is 2.20 bits per heavy atom. The number of Topliss-reactive ketones (excluding diaryl/α,β-unsaturated/α-hetero) is 2. The number of ketones is 2. The highest BCUT2D eigenvalue weighted by molar-refractivity contribution is 6.24. The number of aliphatic hydroxyl groups excluding tert-OH is 3. The molecule has 41 heavy (non-hydrogen) atoms. The molecule has 2 amide bonds. The van der Waals surface area contributed by atoms with Crippen molar-refractivity contribution < 1.29 is 49.8 Å². The first-order chi connectivity index (χ1) is 18.5. The van der Waals surface area contributed by atoms with Crippen molar-refractivity contribution in [1.29, 1.82) is 0 Å². The summed E-state index contributed by atoms with van der Waals surface area (Å²) >= 11 is 0. The summed E-state index contributed by atoms with van der Waals surface area (Å²) in [6.07, 6.45) is -0.0606. The fourth-order valence-electron chi connectivity index (χ4n) is 6.38. The molecule has 1 aromatic carbocycles. The molecule has 0 radical (unpaired) electrons. The molecule has 2 fully saturated rings. The largest absolute Gasteiger partial charge is 0.508 e. The number of rotatable bonds is 2. The van der Waals surface area contributed by atoms with Crippen molar-refractivity contribution in [3.05, 3.63) is 46.2 Å². The molecule has 13 nitrogen and oxygen atoms in total. The van der Waals surface area contributed by atoms with Gasteiger partial charge in [0.05, 0.1) is 40.7 Å². The Kier molecular flexibility index (Phi) is 8.38. The Bertz CT molecular complexity index is 1390. The minimum absolute atomic E-state index is 0. The average Bonchev–Trinajstić information content (AvgIpc) is 3.23. The number of benzene rings is 1. The standard InChI is InChI=1S/C22H24N2O9.C5H9NO.ClH/c1-21(32)7-5-4-6-8(25)9(7)15(26)10-12(21)17(28)13-14(24(2)3)16(27)11(20(23)31)19(30)22(13,33)18(10)29;1-6-4-2-3-5(6)7;/h4-6,12-14,17,25-26,28,30,32-33H,1-3H3,(H2,23,31);2-4H2,1H3;1H. The lowest BCUT2D eigenvalue weighted by Gasteiger charge is -2.55. The number of nitrogens with zero attached hydrogens (tertiary/aromatic N) is 2. The van der Waals surface area contributed by atoms with Gasteiger partial charge in [-0.3, -0.25) is 24.1 Å². The van der Waals surface area contributed by atoms with Crippen LogP contribution in [-0.4, -0.2) is 109 Å². The van der Waals surface area contributed by atoms with Gasteiger partial charge in [-0.15, -0.1) is 12.4 Å². The summed E-state index contributed by atoms with van der Waals surface area (Å²) in [7, 11) is 4.64. The molecular formula is C27H34ClN3O10. The number of halogens is 1. The predicted molar refractivity (Wildman–Crippen MR) is 146 cm³/mol. The van der Waals surface area contributed by atoms with Crippen LogP contribution in [0.2, 0.25) is 0 Å². The number of carbonyl (C=O) groups is 4. The van der Waals surface area contributed by atoms with Crippen molar-refractivity contribution in [3.8, 4) is 5.75 Å². The SMILES string of the molecule is CN(C)C1C(=O)C(C(N)=O)=C(O)C2(O)C(=O)C3=C(O)c4c(O)cccc4C(C)(O)C3C(O)C12.CN1CCCC1=O.Cl. The topological polar surface area (TPSA) is 222 Å². The summed E-state index contributed by atoms with van der Waals surface area (Å²) < 4.78 is 0. The molecule has 8 N–H and O–H groups in total. The van der Waals surface area contributed by atoms with E-state index in [1.54, 1.807) is 4.90 Å². The van der Waals surface area contributed by atoms with Crippen LogP contribution in [0.3, 0.4) is 0 Å². The number of aromatic hydroxyl groups is 1. The van der Waals surface area contributed by atoms with E-state index in [4.69, 9.17) is 5.73 Å². The lowest BCUT2D eigenvalue weighted by molar-refractivity contribution is -0.181. The monoisotopic (exact) mass is 595 g/mol. The van der Waals surface area contributed by atoms with Gasteiger partial charge in [0.1, 0.15) is 22.8 Å². The number of hydrogen-bond donors (Lipinski definition) is 7. The molecule has 1 saturated heterocycles. The molecule has 5 rings (SSSR count). The minimum atomic E-state index is -3.02. The molecule has 4 aliphatic rings. The van der Waals surface area contributed by atoms with E-state index >= 15 is 0 Å². The number of carbonyl (C=O) groups excluding carboxylic acids is 4. The van der Waals surface area contributed by atoms with E-state index in [0.29, 0.717) is 5.91 Å². The van der Waals surface area contributed by atoms with Gasteiger partial charge in [0.2, 0.25) is 11.7 Å². The highest BCUT2D eigenvalue weighted by Gasteiger charge is 2.70. The van der Waals surface area contributed by atoms with Crippen LogP contribution in [0, 0.1) is 11.8 Å². The number of likely N-dealkylation sites (tertiary alicyclic amines) is 1. The molecular weight excluding hydrogens is 562 g/mol. The Labute approximate surface area is 241 Å². The predicted octanol–water partition coefficient (Wildman–Crippen LogP) is -0.740. The first-order valence-corrected chi connectivity index (χ1v) is 12.6. The van der Waals surface area contributed by atoms with Gasteiger partial charge >= 0.3 is 0 Å². The molecule has 1 aromatic rings. The summed E-state index contributed by atoms with van der Waals surface area (Å²) in [5, 5.41) is 66.3. The normalized spacial score (nSPS) is 32.6. The summed E-state index contributed by atoms with van der Waals surface area (Å²) in [4.78, 5) is 52.2. The number of aliphatic hydroxyl groups is 5. The zero-order valence-corrected chi connectivity index (χ0v) is 23.7. The second-order valence-electron chi connectivity index (χ2n) is 11.0. The van der Waals surface area contributed by atoms with Crippen molar-refractivity contribution in [1.82, 2.24) is 9.80 Å². The Hall–Kier alpha value is -3.49. The minimum Gasteiger partial charge on any atom is -0.508 e. The zero-order chi connectivity index (χ0) is 30.1. The highest BCUT2D eigenvalue weighted by Crippen LogP contribution is 2.57. The van der Waals surface area contributed by atoms with Gasteiger partial charge in [-0.2, -0.15) is 0 Å². The van der Waals surface area contributed by atoms with Crippen LogP contribution in [0.4, 0.5) is 0 Å². The molecule has 1 saturated carbocycles. The van der Waals surface area contributed by atoms with Crippen LogP contribution in [0.15, 0.2) is 35.1 Å². The van der Waals surface area contributed by atoms with Gasteiger partial charge in [-0.25, -0.2) is 0 Å². The molecule has 1 heterocycles. The molecule has 1 aliphatic heterocycles. The van der Waals surface area contributed by atoms with Crippen molar-refractivity contribution >= 4 is 41.5 Å². The molecule has 0 bridgehead atoms. The van der Waals surface area contributed by atoms with Crippen molar-refractivity contribution in [3.63, 3.8) is 0 Å². The molecule has 0 aromatic heterocycles. The lowest BCUT2D eigenvalue weighted by Crippen LogP contribution is -2.71. The molecule has 224 valence electrons. The van der Waals surface area contributed by atoms with Crippen LogP contribution in [0.1, 0.15) is 30.9 Å². The van der Waals surface area contributed by atoms with Crippen LogP contribution in [0.25, 0.3) is 5.76 Å². The summed E-state index contributed by atoms with van der Waals surface area (Å²) in [6, 6.07) is 2.50. The van der Waals surface area contributed by atoms with Crippen molar-refractivity contribution in [2.75, 3.05) is 27.7 Å². The average molecular weight is 596 g/mol.